The first-order chi connectivity index (χ1) is 27.4. The summed E-state index contributed by atoms with van der Waals surface area (Å²) in [6.45, 7) is 8.49. The third-order valence-electron chi connectivity index (χ3n) is 14.4. The quantitative estimate of drug-likeness (QED) is 0.263. The molecule has 3 N–H and O–H groups in total. The summed E-state index contributed by atoms with van der Waals surface area (Å²) in [5.74, 6) is -2.00. The molecule has 1 spiro atoms. The number of methoxy groups -OCH3 is 1. The molecule has 0 aromatic carbocycles. The van der Waals surface area contributed by atoms with Crippen molar-refractivity contribution in [2.45, 2.75) is 212 Å². The van der Waals surface area contributed by atoms with Gasteiger partial charge >= 0.3 is 5.97 Å². The van der Waals surface area contributed by atoms with Gasteiger partial charge in [-0.3, -0.25) is 4.79 Å². The van der Waals surface area contributed by atoms with Crippen molar-refractivity contribution < 1.29 is 67.5 Å². The van der Waals surface area contributed by atoms with Crippen molar-refractivity contribution in [3.8, 4) is 0 Å². The molecular weight excluding hydrogens is 740 g/mol. The Labute approximate surface area is 334 Å². The second kappa shape index (κ2) is 16.2. The fraction of sp³-hybridized carbons (Fsp3) is 0.860. The first-order valence-electron chi connectivity index (χ1n) is 21.7. The Hall–Kier alpha value is -1.82. The number of ether oxygens (including phenoxy) is 9. The zero-order chi connectivity index (χ0) is 39.6. The van der Waals surface area contributed by atoms with E-state index >= 15 is 0 Å². The first kappa shape index (κ1) is 40.6. The monoisotopic (exact) mass is 802 g/mol. The van der Waals surface area contributed by atoms with Gasteiger partial charge in [0.15, 0.2) is 11.4 Å². The number of carbonyl (C=O) groups is 2. The lowest BCUT2D eigenvalue weighted by Gasteiger charge is -2.47. The molecule has 1 unspecified atom stereocenters. The van der Waals surface area contributed by atoms with Gasteiger partial charge in [0.1, 0.15) is 24.6 Å². The molecule has 9 rings (SSSR count). The second-order valence-corrected chi connectivity index (χ2v) is 18.6. The van der Waals surface area contributed by atoms with E-state index in [9.17, 15) is 24.9 Å². The lowest BCUT2D eigenvalue weighted by atomic mass is 9.83. The highest BCUT2D eigenvalue weighted by atomic mass is 16.7. The van der Waals surface area contributed by atoms with Crippen LogP contribution in [0.25, 0.3) is 0 Å². The highest BCUT2D eigenvalue weighted by Crippen LogP contribution is 2.49. The summed E-state index contributed by atoms with van der Waals surface area (Å²) >= 11 is 0. The van der Waals surface area contributed by atoms with Crippen LogP contribution in [0.3, 0.4) is 0 Å². The van der Waals surface area contributed by atoms with E-state index in [-0.39, 0.29) is 92.5 Å². The largest absolute Gasteiger partial charge is 0.461 e. The molecule has 17 atom stereocenters. The van der Waals surface area contributed by atoms with Crippen LogP contribution < -0.4 is 0 Å². The van der Waals surface area contributed by atoms with Gasteiger partial charge < -0.3 is 58.0 Å². The molecule has 0 radical (unpaired) electrons. The Morgan fingerprint density at radius 1 is 0.807 bits per heavy atom. The standard InChI is InChI=1S/C43H62O14/c1-22-4-5-26-6-8-31-23(2)14-28(52-31)10-11-43-20-30(46)39(57-43)36-19-37(56-43)40-32(54-36)9-7-27(53-40)15-24(44)16-29-34(18-33(22)51-26)55-35(38(29)49-3)17-25(45)21-50-41(47)42(48)12-13-42/h25-40,45-46,48H,1-2,4-21H2,3H3/t25-,26+,27+,28-,29-,30+,31-,32-,33+,34-,35+,36?,37+,38+,39-,40-,43+/m0/s1. The van der Waals surface area contributed by atoms with Crippen LogP contribution in [-0.2, 0) is 52.2 Å². The van der Waals surface area contributed by atoms with E-state index in [1.54, 1.807) is 7.11 Å². The number of hydrogen-bond acceptors (Lipinski definition) is 14. The van der Waals surface area contributed by atoms with Crippen LogP contribution in [0, 0.1) is 5.92 Å². The molecule has 14 heteroatoms. The van der Waals surface area contributed by atoms with Gasteiger partial charge in [-0.05, 0) is 75.4 Å². The minimum atomic E-state index is -1.44. The van der Waals surface area contributed by atoms with E-state index in [1.165, 1.54) is 0 Å². The molecule has 10 bridgehead atoms. The highest BCUT2D eigenvalue weighted by molar-refractivity contribution is 5.82. The number of hydrogen-bond donors (Lipinski definition) is 3. The van der Waals surface area contributed by atoms with Gasteiger partial charge in [-0.25, -0.2) is 4.79 Å². The fourth-order valence-electron chi connectivity index (χ4n) is 11.1. The molecule has 14 nitrogen and oxygen atoms in total. The molecule has 8 saturated heterocycles. The van der Waals surface area contributed by atoms with Crippen molar-refractivity contribution in [3.05, 3.63) is 24.3 Å². The zero-order valence-corrected chi connectivity index (χ0v) is 33.2. The van der Waals surface area contributed by atoms with Crippen molar-refractivity contribution in [2.24, 2.45) is 5.92 Å². The summed E-state index contributed by atoms with van der Waals surface area (Å²) in [6.07, 6.45) is 3.59. The number of carbonyl (C=O) groups excluding carboxylic acids is 2. The highest BCUT2D eigenvalue weighted by Gasteiger charge is 2.60. The van der Waals surface area contributed by atoms with Crippen LogP contribution in [0.4, 0.5) is 0 Å². The third-order valence-corrected chi connectivity index (χ3v) is 14.4. The SMILES string of the molecule is C=C1C[C@@H]2CC[C@]34C[C@@H](O)[C@H](O3)C3C[C@@H](O4)[C@H]4O[C@H](CC[C@@H]4O3)CC(=O)C[C@@H]3[C@@H](OC)[C@@H](C[C@H](O)COC(=O)C4(O)CC4)O[C@H]3C[C@H]3O[C@H](CCC3=C)CC[C@@H]1O2. The molecule has 9 fully saturated rings. The minimum Gasteiger partial charge on any atom is -0.461 e. The molecule has 1 saturated carbocycles. The van der Waals surface area contributed by atoms with Crippen molar-refractivity contribution in [2.75, 3.05) is 13.7 Å². The van der Waals surface area contributed by atoms with Gasteiger partial charge in [-0.2, -0.15) is 0 Å². The first-order valence-corrected chi connectivity index (χ1v) is 21.7. The van der Waals surface area contributed by atoms with E-state index < -0.39 is 54.0 Å². The second-order valence-electron chi connectivity index (χ2n) is 18.6. The van der Waals surface area contributed by atoms with E-state index in [1.807, 2.05) is 0 Å². The van der Waals surface area contributed by atoms with Gasteiger partial charge in [0.05, 0.1) is 79.4 Å². The van der Waals surface area contributed by atoms with E-state index in [0.717, 1.165) is 43.3 Å². The molecular formula is C43H62O14. The Bertz CT molecular complexity index is 1530. The number of fused-ring (bicyclic) bond motifs is 9. The van der Waals surface area contributed by atoms with Crippen LogP contribution in [0.2, 0.25) is 0 Å². The summed E-state index contributed by atoms with van der Waals surface area (Å²) in [5.41, 5.74) is 0.630. The lowest BCUT2D eigenvalue weighted by Crippen LogP contribution is -2.58. The van der Waals surface area contributed by atoms with Crippen LogP contribution in [0.1, 0.15) is 109 Å². The summed E-state index contributed by atoms with van der Waals surface area (Å²) in [4.78, 5) is 26.4. The predicted molar refractivity (Wildman–Crippen MR) is 200 cm³/mol. The maximum atomic E-state index is 14.1. The van der Waals surface area contributed by atoms with E-state index in [4.69, 9.17) is 42.6 Å². The van der Waals surface area contributed by atoms with Gasteiger partial charge in [-0.15, -0.1) is 0 Å². The maximum Gasteiger partial charge on any atom is 0.338 e. The number of ketones is 1. The Balaban J connectivity index is 0.944. The van der Waals surface area contributed by atoms with Crippen LogP contribution in [0.5, 0.6) is 0 Å². The number of rotatable bonds is 6. The molecule has 0 aromatic heterocycles. The summed E-state index contributed by atoms with van der Waals surface area (Å²) in [6, 6.07) is 0. The molecule has 9 aliphatic rings. The maximum absolute atomic E-state index is 14.1. The summed E-state index contributed by atoms with van der Waals surface area (Å²) in [5, 5.41) is 32.2. The minimum absolute atomic E-state index is 0.00695. The molecule has 318 valence electrons. The van der Waals surface area contributed by atoms with Crippen molar-refractivity contribution >= 4 is 11.8 Å². The van der Waals surface area contributed by atoms with Crippen LogP contribution in [-0.4, -0.2) is 144 Å². The van der Waals surface area contributed by atoms with Gasteiger partial charge in [0.25, 0.3) is 0 Å². The number of esters is 1. The van der Waals surface area contributed by atoms with Gasteiger partial charge in [0.2, 0.25) is 0 Å². The van der Waals surface area contributed by atoms with Crippen molar-refractivity contribution in [1.29, 1.82) is 0 Å². The number of aliphatic hydroxyl groups excluding tert-OH is 2. The average Bonchev–Trinajstić information content (AvgIpc) is 3.60. The van der Waals surface area contributed by atoms with Gasteiger partial charge in [0, 0.05) is 58.0 Å². The Kier molecular flexibility index (Phi) is 11.6. The van der Waals surface area contributed by atoms with E-state index in [2.05, 4.69) is 13.2 Å². The van der Waals surface area contributed by atoms with Gasteiger partial charge in [-0.1, -0.05) is 13.2 Å². The lowest BCUT2D eigenvalue weighted by molar-refractivity contribution is -0.277. The molecule has 0 aromatic rings. The molecule has 57 heavy (non-hydrogen) atoms. The van der Waals surface area contributed by atoms with E-state index in [0.29, 0.717) is 57.8 Å². The van der Waals surface area contributed by atoms with Crippen LogP contribution >= 0.6 is 0 Å². The van der Waals surface area contributed by atoms with Crippen molar-refractivity contribution in [1.82, 2.24) is 0 Å². The van der Waals surface area contributed by atoms with Crippen LogP contribution in [0.15, 0.2) is 24.3 Å². The zero-order valence-electron chi connectivity index (χ0n) is 33.2. The summed E-state index contributed by atoms with van der Waals surface area (Å²) < 4.78 is 58.1. The Morgan fingerprint density at radius 3 is 2.40 bits per heavy atom. The topological polar surface area (TPSA) is 178 Å². The molecule has 1 aliphatic carbocycles. The predicted octanol–water partition coefficient (Wildman–Crippen LogP) is 3.29. The molecule has 8 heterocycles. The average molecular weight is 803 g/mol. The summed E-state index contributed by atoms with van der Waals surface area (Å²) in [7, 11) is 1.59. The number of aliphatic hydroxyl groups is 3. The Morgan fingerprint density at radius 2 is 1.60 bits per heavy atom. The van der Waals surface area contributed by atoms with Crippen molar-refractivity contribution in [3.63, 3.8) is 0 Å². The molecule has 8 aliphatic heterocycles. The number of Topliss-reactive ketones (excluding diaryl/α,β-unsaturated/α-hetero) is 1. The smallest absolute Gasteiger partial charge is 0.338 e. The normalized spacial score (nSPS) is 47.4. The third kappa shape index (κ3) is 8.44. The fourth-order valence-corrected chi connectivity index (χ4v) is 11.1. The molecule has 0 amide bonds.